The van der Waals surface area contributed by atoms with Crippen LogP contribution in [0.2, 0.25) is 0 Å². The normalized spacial score (nSPS) is 17.3. The van der Waals surface area contributed by atoms with Crippen molar-refractivity contribution in [1.82, 2.24) is 9.80 Å². The van der Waals surface area contributed by atoms with Gasteiger partial charge in [0.25, 0.3) is 0 Å². The molecule has 1 saturated heterocycles. The molecule has 1 aromatic rings. The van der Waals surface area contributed by atoms with E-state index in [1.54, 1.807) is 24.3 Å². The average Bonchev–Trinajstić information content (AvgIpc) is 2.54. The Hall–Kier alpha value is -1.44. The van der Waals surface area contributed by atoms with E-state index in [0.29, 0.717) is 37.7 Å². The van der Waals surface area contributed by atoms with E-state index >= 15 is 0 Å². The highest BCUT2D eigenvalue weighted by Gasteiger charge is 2.21. The third-order valence-corrected chi connectivity index (χ3v) is 5.33. The fourth-order valence-corrected chi connectivity index (χ4v) is 3.14. The van der Waals surface area contributed by atoms with E-state index < -0.39 is 9.84 Å². The summed E-state index contributed by atoms with van der Waals surface area (Å²) in [5.41, 5.74) is 0.981. The number of ether oxygens (including phenoxy) is 1. The second-order valence-corrected chi connectivity index (χ2v) is 7.94. The van der Waals surface area contributed by atoms with Crippen LogP contribution in [0.3, 0.4) is 0 Å². The molecule has 23 heavy (non-hydrogen) atoms. The Labute approximate surface area is 137 Å². The Morgan fingerprint density at radius 3 is 2.35 bits per heavy atom. The zero-order valence-corrected chi connectivity index (χ0v) is 14.7. The zero-order valence-electron chi connectivity index (χ0n) is 13.9. The second kappa shape index (κ2) is 7.42. The summed E-state index contributed by atoms with van der Waals surface area (Å²) < 4.78 is 28.2. The molecule has 1 amide bonds. The van der Waals surface area contributed by atoms with Gasteiger partial charge in [-0.2, -0.15) is 0 Å². The Bertz CT molecular complexity index is 637. The third kappa shape index (κ3) is 4.76. The molecule has 0 bridgehead atoms. The van der Waals surface area contributed by atoms with E-state index in [4.69, 9.17) is 4.74 Å². The number of rotatable bonds is 5. The standard InChI is InChI=1S/C16H24N2O4S/c1-13(14-4-6-15(7-5-14)23(3,20)21)17(2)12-16(19)18-8-10-22-11-9-18/h4-7,13H,8-12H2,1-3H3. The smallest absolute Gasteiger partial charge is 0.236 e. The van der Waals surface area contributed by atoms with Crippen LogP contribution in [-0.4, -0.2) is 70.3 Å². The molecule has 1 fully saturated rings. The number of nitrogens with zero attached hydrogens (tertiary/aromatic N) is 2. The summed E-state index contributed by atoms with van der Waals surface area (Å²) in [4.78, 5) is 16.4. The quantitative estimate of drug-likeness (QED) is 0.798. The van der Waals surface area contributed by atoms with Crippen molar-refractivity contribution in [2.75, 3.05) is 46.2 Å². The summed E-state index contributed by atoms with van der Waals surface area (Å²) in [6.45, 7) is 4.81. The fraction of sp³-hybridized carbons (Fsp3) is 0.562. The van der Waals surface area contributed by atoms with Gasteiger partial charge in [-0.3, -0.25) is 9.69 Å². The number of benzene rings is 1. The highest BCUT2D eigenvalue weighted by Crippen LogP contribution is 2.20. The molecule has 0 spiro atoms. The van der Waals surface area contributed by atoms with Crippen molar-refractivity contribution < 1.29 is 17.9 Å². The lowest BCUT2D eigenvalue weighted by atomic mass is 10.1. The lowest BCUT2D eigenvalue weighted by Gasteiger charge is -2.31. The minimum absolute atomic E-state index is 0.0219. The molecule has 1 aliphatic rings. The number of hydrogen-bond acceptors (Lipinski definition) is 5. The van der Waals surface area contributed by atoms with Crippen molar-refractivity contribution in [3.63, 3.8) is 0 Å². The Balaban J connectivity index is 1.98. The van der Waals surface area contributed by atoms with Crippen LogP contribution >= 0.6 is 0 Å². The summed E-state index contributed by atoms with van der Waals surface area (Å²) in [5, 5.41) is 0. The predicted octanol–water partition coefficient (Wildman–Crippen LogP) is 0.942. The van der Waals surface area contributed by atoms with Crippen molar-refractivity contribution in [3.05, 3.63) is 29.8 Å². The van der Waals surface area contributed by atoms with Crippen LogP contribution in [-0.2, 0) is 19.4 Å². The van der Waals surface area contributed by atoms with E-state index in [1.807, 2.05) is 23.8 Å². The van der Waals surface area contributed by atoms with E-state index in [9.17, 15) is 13.2 Å². The van der Waals surface area contributed by atoms with Crippen molar-refractivity contribution in [2.24, 2.45) is 0 Å². The fourth-order valence-electron chi connectivity index (χ4n) is 2.51. The SMILES string of the molecule is CC(c1ccc(S(C)(=O)=O)cc1)N(C)CC(=O)N1CCOCC1. The molecule has 1 heterocycles. The van der Waals surface area contributed by atoms with Gasteiger partial charge in [0, 0.05) is 25.4 Å². The molecule has 6 nitrogen and oxygen atoms in total. The van der Waals surface area contributed by atoms with E-state index in [0.717, 1.165) is 5.56 Å². The van der Waals surface area contributed by atoms with Crippen LogP contribution in [0.15, 0.2) is 29.2 Å². The van der Waals surface area contributed by atoms with Gasteiger partial charge < -0.3 is 9.64 Å². The molecule has 0 radical (unpaired) electrons. The lowest BCUT2D eigenvalue weighted by Crippen LogP contribution is -2.45. The molecule has 0 saturated carbocycles. The van der Waals surface area contributed by atoms with Crippen molar-refractivity contribution >= 4 is 15.7 Å². The number of likely N-dealkylation sites (N-methyl/N-ethyl adjacent to an activating group) is 1. The van der Waals surface area contributed by atoms with Crippen LogP contribution < -0.4 is 0 Å². The summed E-state index contributed by atoms with van der Waals surface area (Å²) in [6.07, 6.45) is 1.19. The van der Waals surface area contributed by atoms with Gasteiger partial charge in [-0.1, -0.05) is 12.1 Å². The summed E-state index contributed by atoms with van der Waals surface area (Å²) >= 11 is 0. The van der Waals surface area contributed by atoms with Gasteiger partial charge in [-0.05, 0) is 31.7 Å². The number of sulfone groups is 1. The van der Waals surface area contributed by atoms with Crippen LogP contribution in [0.4, 0.5) is 0 Å². The highest BCUT2D eigenvalue weighted by atomic mass is 32.2. The van der Waals surface area contributed by atoms with Gasteiger partial charge >= 0.3 is 0 Å². The molecule has 1 aromatic carbocycles. The number of morpholine rings is 1. The molecule has 0 aromatic heterocycles. The Morgan fingerprint density at radius 1 is 1.26 bits per heavy atom. The molecule has 0 aliphatic carbocycles. The number of carbonyl (C=O) groups is 1. The molecule has 1 aliphatic heterocycles. The largest absolute Gasteiger partial charge is 0.378 e. The molecular weight excluding hydrogens is 316 g/mol. The maximum Gasteiger partial charge on any atom is 0.236 e. The van der Waals surface area contributed by atoms with Crippen molar-refractivity contribution in [2.45, 2.75) is 17.9 Å². The van der Waals surface area contributed by atoms with Crippen LogP contribution in [0.1, 0.15) is 18.5 Å². The number of hydrogen-bond donors (Lipinski definition) is 0. The minimum atomic E-state index is -3.19. The topological polar surface area (TPSA) is 66.9 Å². The first kappa shape index (κ1) is 17.9. The van der Waals surface area contributed by atoms with E-state index in [-0.39, 0.29) is 11.9 Å². The average molecular weight is 340 g/mol. The summed E-state index contributed by atoms with van der Waals surface area (Å²) in [7, 11) is -1.29. The first-order valence-electron chi connectivity index (χ1n) is 7.65. The Kier molecular flexibility index (Phi) is 5.78. The zero-order chi connectivity index (χ0) is 17.0. The highest BCUT2D eigenvalue weighted by molar-refractivity contribution is 7.90. The molecule has 128 valence electrons. The van der Waals surface area contributed by atoms with Crippen molar-refractivity contribution in [3.8, 4) is 0 Å². The van der Waals surface area contributed by atoms with Crippen molar-refractivity contribution in [1.29, 1.82) is 0 Å². The Morgan fingerprint density at radius 2 is 1.83 bits per heavy atom. The first-order chi connectivity index (χ1) is 10.8. The number of carbonyl (C=O) groups excluding carboxylic acids is 1. The molecular formula is C16H24N2O4S. The van der Waals surface area contributed by atoms with Crippen LogP contribution in [0, 0.1) is 0 Å². The maximum absolute atomic E-state index is 12.3. The van der Waals surface area contributed by atoms with Gasteiger partial charge in [-0.25, -0.2) is 8.42 Å². The predicted molar refractivity (Wildman–Crippen MR) is 88.0 cm³/mol. The van der Waals surface area contributed by atoms with Crippen LogP contribution in [0.25, 0.3) is 0 Å². The second-order valence-electron chi connectivity index (χ2n) is 5.93. The van der Waals surface area contributed by atoms with Gasteiger partial charge in [0.2, 0.25) is 5.91 Å². The van der Waals surface area contributed by atoms with E-state index in [2.05, 4.69) is 0 Å². The minimum Gasteiger partial charge on any atom is -0.378 e. The number of amides is 1. The van der Waals surface area contributed by atoms with Gasteiger partial charge in [0.1, 0.15) is 0 Å². The molecule has 1 unspecified atom stereocenters. The molecule has 0 N–H and O–H groups in total. The molecule has 1 atom stereocenters. The van der Waals surface area contributed by atoms with Gasteiger partial charge in [0.05, 0.1) is 24.7 Å². The van der Waals surface area contributed by atoms with Crippen LogP contribution in [0.5, 0.6) is 0 Å². The lowest BCUT2D eigenvalue weighted by molar-refractivity contribution is -0.136. The van der Waals surface area contributed by atoms with Gasteiger partial charge in [-0.15, -0.1) is 0 Å². The summed E-state index contributed by atoms with van der Waals surface area (Å²) in [6, 6.07) is 6.85. The summed E-state index contributed by atoms with van der Waals surface area (Å²) in [5.74, 6) is 0.0930. The maximum atomic E-state index is 12.3. The van der Waals surface area contributed by atoms with Gasteiger partial charge in [0.15, 0.2) is 9.84 Å². The first-order valence-corrected chi connectivity index (χ1v) is 9.54. The molecule has 7 heteroatoms. The third-order valence-electron chi connectivity index (χ3n) is 4.20. The molecule has 2 rings (SSSR count). The van der Waals surface area contributed by atoms with E-state index in [1.165, 1.54) is 6.26 Å². The monoisotopic (exact) mass is 340 g/mol.